The average molecular weight is 265 g/mol. The first-order valence-electron chi connectivity index (χ1n) is 7.22. The van der Waals surface area contributed by atoms with Crippen LogP contribution < -0.4 is 10.1 Å². The minimum absolute atomic E-state index is 0.156. The maximum Gasteiger partial charge on any atom is 0.123 e. The van der Waals surface area contributed by atoms with Gasteiger partial charge in [-0.25, -0.2) is 0 Å². The molecule has 0 amide bonds. The summed E-state index contributed by atoms with van der Waals surface area (Å²) in [5.41, 5.74) is 1.15. The van der Waals surface area contributed by atoms with Crippen molar-refractivity contribution in [2.75, 3.05) is 13.2 Å². The van der Waals surface area contributed by atoms with Crippen LogP contribution in [-0.2, 0) is 6.54 Å². The first-order valence-corrected chi connectivity index (χ1v) is 7.22. The number of aliphatic hydroxyl groups excluding tert-OH is 1. The molecule has 3 heteroatoms. The molecular weight excluding hydrogens is 238 g/mol. The van der Waals surface area contributed by atoms with Crippen LogP contribution in [0, 0.1) is 5.92 Å². The summed E-state index contributed by atoms with van der Waals surface area (Å²) in [5.74, 6) is 1.60. The van der Waals surface area contributed by atoms with Gasteiger partial charge >= 0.3 is 0 Å². The first-order chi connectivity index (χ1) is 9.17. The van der Waals surface area contributed by atoms with Crippen LogP contribution in [0.4, 0.5) is 0 Å². The van der Waals surface area contributed by atoms with E-state index in [1.165, 1.54) is 0 Å². The van der Waals surface area contributed by atoms with Gasteiger partial charge in [-0.3, -0.25) is 0 Å². The lowest BCUT2D eigenvalue weighted by molar-refractivity contribution is 0.237. The van der Waals surface area contributed by atoms with Crippen molar-refractivity contribution in [3.63, 3.8) is 0 Å². The highest BCUT2D eigenvalue weighted by atomic mass is 16.5. The van der Waals surface area contributed by atoms with Crippen LogP contribution in [0.25, 0.3) is 0 Å². The number of hydrogen-bond acceptors (Lipinski definition) is 3. The fourth-order valence-corrected chi connectivity index (χ4v) is 1.79. The summed E-state index contributed by atoms with van der Waals surface area (Å²) in [6.07, 6.45) is 1.99. The molecule has 0 aromatic heterocycles. The Morgan fingerprint density at radius 2 is 2.00 bits per heavy atom. The highest BCUT2D eigenvalue weighted by molar-refractivity contribution is 5.33. The minimum Gasteiger partial charge on any atom is -0.493 e. The molecule has 0 fully saturated rings. The number of hydrogen-bond donors (Lipinski definition) is 2. The molecule has 0 aliphatic heterocycles. The predicted octanol–water partition coefficient (Wildman–Crippen LogP) is 2.97. The molecule has 1 rings (SSSR count). The largest absolute Gasteiger partial charge is 0.493 e. The zero-order valence-corrected chi connectivity index (χ0v) is 12.4. The summed E-state index contributed by atoms with van der Waals surface area (Å²) in [6.45, 7) is 8.13. The second kappa shape index (κ2) is 8.94. The normalized spacial score (nSPS) is 12.7. The smallest absolute Gasteiger partial charge is 0.123 e. The quantitative estimate of drug-likeness (QED) is 0.721. The Hall–Kier alpha value is -1.06. The van der Waals surface area contributed by atoms with Crippen molar-refractivity contribution in [2.24, 2.45) is 5.92 Å². The van der Waals surface area contributed by atoms with Crippen molar-refractivity contribution < 1.29 is 9.84 Å². The topological polar surface area (TPSA) is 41.5 Å². The Kier molecular flexibility index (Phi) is 7.53. The highest BCUT2D eigenvalue weighted by Gasteiger charge is 2.07. The SMILES string of the molecule is CCC(CO)NCc1ccccc1OCCC(C)C. The fourth-order valence-electron chi connectivity index (χ4n) is 1.79. The lowest BCUT2D eigenvalue weighted by Gasteiger charge is -2.16. The molecule has 0 saturated carbocycles. The molecule has 0 spiro atoms. The van der Waals surface area contributed by atoms with Gasteiger partial charge in [-0.1, -0.05) is 39.0 Å². The lowest BCUT2D eigenvalue weighted by Crippen LogP contribution is -2.31. The van der Waals surface area contributed by atoms with Gasteiger partial charge in [0.2, 0.25) is 0 Å². The molecule has 1 aromatic carbocycles. The summed E-state index contributed by atoms with van der Waals surface area (Å²) in [6, 6.07) is 8.26. The maximum atomic E-state index is 9.18. The highest BCUT2D eigenvalue weighted by Crippen LogP contribution is 2.18. The van der Waals surface area contributed by atoms with Gasteiger partial charge in [0, 0.05) is 18.2 Å². The summed E-state index contributed by atoms with van der Waals surface area (Å²) >= 11 is 0. The fraction of sp³-hybridized carbons (Fsp3) is 0.625. The number of rotatable bonds is 9. The monoisotopic (exact) mass is 265 g/mol. The third-order valence-corrected chi connectivity index (χ3v) is 3.22. The molecule has 19 heavy (non-hydrogen) atoms. The van der Waals surface area contributed by atoms with E-state index in [9.17, 15) is 5.11 Å². The number of para-hydroxylation sites is 1. The van der Waals surface area contributed by atoms with Crippen LogP contribution in [0.5, 0.6) is 5.75 Å². The summed E-state index contributed by atoms with van der Waals surface area (Å²) in [5, 5.41) is 12.5. The molecule has 1 unspecified atom stereocenters. The number of ether oxygens (including phenoxy) is 1. The van der Waals surface area contributed by atoms with Gasteiger partial charge in [-0.15, -0.1) is 0 Å². The average Bonchev–Trinajstić information content (AvgIpc) is 2.41. The van der Waals surface area contributed by atoms with Crippen LogP contribution in [0.15, 0.2) is 24.3 Å². The molecule has 1 atom stereocenters. The maximum absolute atomic E-state index is 9.18. The molecule has 1 aromatic rings. The second-order valence-corrected chi connectivity index (χ2v) is 5.31. The summed E-state index contributed by atoms with van der Waals surface area (Å²) in [4.78, 5) is 0. The van der Waals surface area contributed by atoms with E-state index in [0.29, 0.717) is 5.92 Å². The van der Waals surface area contributed by atoms with Crippen LogP contribution in [0.1, 0.15) is 39.2 Å². The van der Waals surface area contributed by atoms with Crippen molar-refractivity contribution in [3.8, 4) is 5.75 Å². The number of aliphatic hydroxyl groups is 1. The Balaban J connectivity index is 2.52. The van der Waals surface area contributed by atoms with E-state index in [1.54, 1.807) is 0 Å². The van der Waals surface area contributed by atoms with E-state index in [-0.39, 0.29) is 12.6 Å². The number of benzene rings is 1. The molecule has 0 aliphatic rings. The van der Waals surface area contributed by atoms with E-state index in [2.05, 4.69) is 32.2 Å². The van der Waals surface area contributed by atoms with Crippen molar-refractivity contribution >= 4 is 0 Å². The van der Waals surface area contributed by atoms with Crippen molar-refractivity contribution in [3.05, 3.63) is 29.8 Å². The third kappa shape index (κ3) is 6.08. The van der Waals surface area contributed by atoms with Gasteiger partial charge in [0.1, 0.15) is 5.75 Å². The van der Waals surface area contributed by atoms with Gasteiger partial charge in [0.25, 0.3) is 0 Å². The Morgan fingerprint density at radius 1 is 1.26 bits per heavy atom. The van der Waals surface area contributed by atoms with Gasteiger partial charge < -0.3 is 15.2 Å². The zero-order chi connectivity index (χ0) is 14.1. The Morgan fingerprint density at radius 3 is 2.63 bits per heavy atom. The standard InChI is InChI=1S/C16H27NO2/c1-4-15(12-18)17-11-14-7-5-6-8-16(14)19-10-9-13(2)3/h5-8,13,15,17-18H,4,9-12H2,1-3H3. The molecule has 108 valence electrons. The molecule has 2 N–H and O–H groups in total. The van der Waals surface area contributed by atoms with E-state index in [4.69, 9.17) is 4.74 Å². The molecule has 0 aliphatic carbocycles. The van der Waals surface area contributed by atoms with Gasteiger partial charge in [-0.05, 0) is 24.8 Å². The molecule has 0 radical (unpaired) electrons. The van der Waals surface area contributed by atoms with Crippen LogP contribution in [-0.4, -0.2) is 24.4 Å². The molecule has 3 nitrogen and oxygen atoms in total. The van der Waals surface area contributed by atoms with Crippen LogP contribution in [0.3, 0.4) is 0 Å². The zero-order valence-electron chi connectivity index (χ0n) is 12.4. The summed E-state index contributed by atoms with van der Waals surface area (Å²) in [7, 11) is 0. The Labute approximate surface area is 117 Å². The van der Waals surface area contributed by atoms with Gasteiger partial charge in [0.15, 0.2) is 0 Å². The summed E-state index contributed by atoms with van der Waals surface area (Å²) < 4.78 is 5.85. The predicted molar refractivity (Wildman–Crippen MR) is 79.4 cm³/mol. The van der Waals surface area contributed by atoms with E-state index in [0.717, 1.165) is 37.3 Å². The van der Waals surface area contributed by atoms with E-state index in [1.807, 2.05) is 18.2 Å². The van der Waals surface area contributed by atoms with Crippen molar-refractivity contribution in [1.29, 1.82) is 0 Å². The van der Waals surface area contributed by atoms with Crippen molar-refractivity contribution in [2.45, 2.75) is 46.2 Å². The second-order valence-electron chi connectivity index (χ2n) is 5.31. The Bertz CT molecular complexity index is 348. The molecule has 0 saturated heterocycles. The minimum atomic E-state index is 0.156. The van der Waals surface area contributed by atoms with Gasteiger partial charge in [-0.2, -0.15) is 0 Å². The first kappa shape index (κ1) is 16.0. The van der Waals surface area contributed by atoms with Crippen LogP contribution >= 0.6 is 0 Å². The van der Waals surface area contributed by atoms with Gasteiger partial charge in [0.05, 0.1) is 13.2 Å². The lowest BCUT2D eigenvalue weighted by atomic mass is 10.1. The third-order valence-electron chi connectivity index (χ3n) is 3.22. The van der Waals surface area contributed by atoms with E-state index >= 15 is 0 Å². The number of nitrogens with one attached hydrogen (secondary N) is 1. The van der Waals surface area contributed by atoms with Crippen LogP contribution in [0.2, 0.25) is 0 Å². The molecule has 0 bridgehead atoms. The van der Waals surface area contributed by atoms with E-state index < -0.39 is 0 Å². The van der Waals surface area contributed by atoms with Crippen molar-refractivity contribution in [1.82, 2.24) is 5.32 Å². The molecular formula is C16H27NO2. The molecule has 0 heterocycles.